The van der Waals surface area contributed by atoms with Crippen LogP contribution in [0.2, 0.25) is 0 Å². The van der Waals surface area contributed by atoms with E-state index >= 15 is 0 Å². The van der Waals surface area contributed by atoms with Crippen molar-refractivity contribution in [1.29, 1.82) is 0 Å². The lowest BCUT2D eigenvalue weighted by Gasteiger charge is -2.01. The molecule has 0 unspecified atom stereocenters. The van der Waals surface area contributed by atoms with Crippen molar-refractivity contribution in [2.24, 2.45) is 0 Å². The standard InChI is InChI=1S/C11H10N2O2S.2C2H6/c1-7-3-4-9(5-11(7)13(14)15)10-6-12-16-8(10)2;2*1-2/h3-6H,1-2H3;2*1-2H3. The third-order valence-electron chi connectivity index (χ3n) is 2.47. The number of nitro groups is 1. The molecular weight excluding hydrogens is 272 g/mol. The van der Waals surface area contributed by atoms with Crippen LogP contribution in [-0.4, -0.2) is 9.30 Å². The zero-order valence-electron chi connectivity index (χ0n) is 12.9. The fourth-order valence-corrected chi connectivity index (χ4v) is 2.13. The minimum Gasteiger partial charge on any atom is -0.258 e. The van der Waals surface area contributed by atoms with Gasteiger partial charge in [-0.2, -0.15) is 0 Å². The van der Waals surface area contributed by atoms with Crippen molar-refractivity contribution in [1.82, 2.24) is 4.37 Å². The van der Waals surface area contributed by atoms with Crippen molar-refractivity contribution in [3.63, 3.8) is 0 Å². The molecule has 0 spiro atoms. The molecule has 110 valence electrons. The Bertz CT molecular complexity index is 551. The van der Waals surface area contributed by atoms with E-state index in [4.69, 9.17) is 0 Å². The number of benzene rings is 1. The first-order valence-electron chi connectivity index (χ1n) is 6.76. The van der Waals surface area contributed by atoms with E-state index in [0.29, 0.717) is 5.56 Å². The molecule has 0 N–H and O–H groups in total. The highest BCUT2D eigenvalue weighted by atomic mass is 32.1. The molecule has 0 aliphatic heterocycles. The van der Waals surface area contributed by atoms with Crippen LogP contribution in [-0.2, 0) is 0 Å². The summed E-state index contributed by atoms with van der Waals surface area (Å²) in [6.45, 7) is 11.7. The summed E-state index contributed by atoms with van der Waals surface area (Å²) in [5.41, 5.74) is 2.65. The second kappa shape index (κ2) is 9.20. The number of nitro benzene ring substituents is 1. The summed E-state index contributed by atoms with van der Waals surface area (Å²) in [6, 6.07) is 5.26. The van der Waals surface area contributed by atoms with Gasteiger partial charge in [0.05, 0.1) is 4.92 Å². The van der Waals surface area contributed by atoms with E-state index in [-0.39, 0.29) is 10.6 Å². The van der Waals surface area contributed by atoms with Gasteiger partial charge < -0.3 is 0 Å². The van der Waals surface area contributed by atoms with Gasteiger partial charge in [0.15, 0.2) is 0 Å². The SMILES string of the molecule is CC.CC.Cc1ccc(-c2cnsc2C)cc1[N+](=O)[O-]. The molecule has 0 saturated carbocycles. The van der Waals surface area contributed by atoms with Crippen LogP contribution in [0.4, 0.5) is 5.69 Å². The Balaban J connectivity index is 0.000000829. The Morgan fingerprint density at radius 2 is 1.75 bits per heavy atom. The predicted molar refractivity (Wildman–Crippen MR) is 86.4 cm³/mol. The smallest absolute Gasteiger partial charge is 0.258 e. The zero-order valence-corrected chi connectivity index (χ0v) is 13.7. The number of rotatable bonds is 2. The second-order valence-electron chi connectivity index (χ2n) is 3.55. The summed E-state index contributed by atoms with van der Waals surface area (Å²) in [5, 5.41) is 10.8. The Morgan fingerprint density at radius 1 is 1.15 bits per heavy atom. The average Bonchev–Trinajstić information content (AvgIpc) is 2.90. The Labute approximate surface area is 124 Å². The van der Waals surface area contributed by atoms with E-state index in [9.17, 15) is 10.1 Å². The molecule has 0 amide bonds. The molecule has 0 bridgehead atoms. The topological polar surface area (TPSA) is 56.0 Å². The summed E-state index contributed by atoms with van der Waals surface area (Å²) in [7, 11) is 0. The lowest BCUT2D eigenvalue weighted by atomic mass is 10.0. The summed E-state index contributed by atoms with van der Waals surface area (Å²) in [4.78, 5) is 11.5. The quantitative estimate of drug-likeness (QED) is 0.551. The van der Waals surface area contributed by atoms with Crippen molar-refractivity contribution in [2.75, 3.05) is 0 Å². The molecule has 1 aromatic carbocycles. The van der Waals surface area contributed by atoms with Gasteiger partial charge in [-0.25, -0.2) is 4.37 Å². The van der Waals surface area contributed by atoms with Crippen LogP contribution in [0.5, 0.6) is 0 Å². The zero-order chi connectivity index (χ0) is 15.7. The highest BCUT2D eigenvalue weighted by Gasteiger charge is 2.13. The first-order chi connectivity index (χ1) is 9.59. The third kappa shape index (κ3) is 4.42. The van der Waals surface area contributed by atoms with Gasteiger partial charge in [-0.1, -0.05) is 39.8 Å². The summed E-state index contributed by atoms with van der Waals surface area (Å²) >= 11 is 1.40. The summed E-state index contributed by atoms with van der Waals surface area (Å²) in [5.74, 6) is 0. The van der Waals surface area contributed by atoms with Crippen molar-refractivity contribution >= 4 is 17.2 Å². The van der Waals surface area contributed by atoms with E-state index in [1.165, 1.54) is 11.5 Å². The highest BCUT2D eigenvalue weighted by molar-refractivity contribution is 7.06. The van der Waals surface area contributed by atoms with Crippen LogP contribution in [0, 0.1) is 24.0 Å². The van der Waals surface area contributed by atoms with Crippen molar-refractivity contribution < 1.29 is 4.92 Å². The first-order valence-corrected chi connectivity index (χ1v) is 7.53. The molecule has 4 nitrogen and oxygen atoms in total. The van der Waals surface area contributed by atoms with Gasteiger partial charge in [0, 0.05) is 28.3 Å². The molecular formula is C15H22N2O2S. The summed E-state index contributed by atoms with van der Waals surface area (Å²) < 4.78 is 4.07. The Hall–Kier alpha value is -1.75. The van der Waals surface area contributed by atoms with Gasteiger partial charge in [0.2, 0.25) is 0 Å². The van der Waals surface area contributed by atoms with E-state index in [1.807, 2.05) is 40.7 Å². The third-order valence-corrected chi connectivity index (χ3v) is 3.17. The maximum absolute atomic E-state index is 10.8. The molecule has 0 saturated heterocycles. The molecule has 0 radical (unpaired) electrons. The number of aromatic nitrogens is 1. The highest BCUT2D eigenvalue weighted by Crippen LogP contribution is 2.30. The number of nitrogens with zero attached hydrogens (tertiary/aromatic N) is 2. The molecule has 1 heterocycles. The normalized spacial score (nSPS) is 8.90. The fraction of sp³-hybridized carbons (Fsp3) is 0.400. The van der Waals surface area contributed by atoms with E-state index in [0.717, 1.165) is 16.0 Å². The van der Waals surface area contributed by atoms with Gasteiger partial charge in [-0.05, 0) is 30.9 Å². The number of hydrogen-bond donors (Lipinski definition) is 0. The van der Waals surface area contributed by atoms with Gasteiger partial charge >= 0.3 is 0 Å². The fourth-order valence-electron chi connectivity index (χ4n) is 1.55. The van der Waals surface area contributed by atoms with Gasteiger partial charge in [-0.15, -0.1) is 0 Å². The van der Waals surface area contributed by atoms with Crippen molar-refractivity contribution in [3.05, 3.63) is 45.0 Å². The first kappa shape index (κ1) is 18.2. The second-order valence-corrected chi connectivity index (χ2v) is 4.56. The van der Waals surface area contributed by atoms with Crippen LogP contribution in [0.3, 0.4) is 0 Å². The van der Waals surface area contributed by atoms with Crippen LogP contribution < -0.4 is 0 Å². The van der Waals surface area contributed by atoms with Crippen molar-refractivity contribution in [3.8, 4) is 11.1 Å². The molecule has 1 aromatic heterocycles. The lowest BCUT2D eigenvalue weighted by Crippen LogP contribution is -1.92. The number of hydrogen-bond acceptors (Lipinski definition) is 4. The van der Waals surface area contributed by atoms with Crippen LogP contribution in [0.25, 0.3) is 11.1 Å². The molecule has 0 aliphatic rings. The van der Waals surface area contributed by atoms with Gasteiger partial charge in [0.1, 0.15) is 0 Å². The van der Waals surface area contributed by atoms with Gasteiger partial charge in [0.25, 0.3) is 5.69 Å². The van der Waals surface area contributed by atoms with E-state index < -0.39 is 0 Å². The largest absolute Gasteiger partial charge is 0.272 e. The lowest BCUT2D eigenvalue weighted by molar-refractivity contribution is -0.385. The molecule has 0 atom stereocenters. The van der Waals surface area contributed by atoms with E-state index in [1.54, 1.807) is 25.3 Å². The van der Waals surface area contributed by atoms with E-state index in [2.05, 4.69) is 4.37 Å². The van der Waals surface area contributed by atoms with Crippen molar-refractivity contribution in [2.45, 2.75) is 41.5 Å². The average molecular weight is 294 g/mol. The monoisotopic (exact) mass is 294 g/mol. The molecule has 2 aromatic rings. The maximum Gasteiger partial charge on any atom is 0.272 e. The van der Waals surface area contributed by atoms with Crippen LogP contribution in [0.15, 0.2) is 24.4 Å². The Morgan fingerprint density at radius 3 is 2.20 bits per heavy atom. The Kier molecular flexibility index (Phi) is 8.40. The summed E-state index contributed by atoms with van der Waals surface area (Å²) in [6.07, 6.45) is 1.74. The molecule has 0 fully saturated rings. The van der Waals surface area contributed by atoms with Gasteiger partial charge in [-0.3, -0.25) is 10.1 Å². The minimum absolute atomic E-state index is 0.156. The number of aryl methyl sites for hydroxylation is 2. The molecule has 5 heteroatoms. The minimum atomic E-state index is -0.353. The van der Waals surface area contributed by atoms with Crippen LogP contribution in [0.1, 0.15) is 38.1 Å². The molecule has 20 heavy (non-hydrogen) atoms. The molecule has 0 aliphatic carbocycles. The maximum atomic E-state index is 10.8. The molecule has 2 rings (SSSR count). The van der Waals surface area contributed by atoms with Crippen LogP contribution >= 0.6 is 11.5 Å². The predicted octanol–water partition coefficient (Wildman–Crippen LogP) is 5.39.